The summed E-state index contributed by atoms with van der Waals surface area (Å²) in [4.78, 5) is 11.7. The summed E-state index contributed by atoms with van der Waals surface area (Å²) in [5.74, 6) is 1.50. The third-order valence-electron chi connectivity index (χ3n) is 2.86. The molecule has 1 aromatic carbocycles. The Bertz CT molecular complexity index is 440. The van der Waals surface area contributed by atoms with Crippen molar-refractivity contribution in [3.8, 4) is 11.5 Å². The van der Waals surface area contributed by atoms with Gasteiger partial charge in [0.1, 0.15) is 0 Å². The van der Waals surface area contributed by atoms with E-state index in [1.165, 1.54) is 0 Å². The number of ether oxygens (including phenoxy) is 2. The summed E-state index contributed by atoms with van der Waals surface area (Å²) in [7, 11) is 1.83. The minimum Gasteiger partial charge on any atom is -0.454 e. The molecule has 1 heterocycles. The highest BCUT2D eigenvalue weighted by Crippen LogP contribution is 2.32. The Kier molecular flexibility index (Phi) is 5.92. The summed E-state index contributed by atoms with van der Waals surface area (Å²) >= 11 is 0. The van der Waals surface area contributed by atoms with Gasteiger partial charge in [-0.25, -0.2) is 0 Å². The molecule has 2 N–H and O–H groups in total. The van der Waals surface area contributed by atoms with E-state index >= 15 is 0 Å². The van der Waals surface area contributed by atoms with Gasteiger partial charge in [0.25, 0.3) is 0 Å². The van der Waals surface area contributed by atoms with E-state index in [-0.39, 0.29) is 31.0 Å². The Balaban J connectivity index is 0.00000180. The van der Waals surface area contributed by atoms with Gasteiger partial charge >= 0.3 is 0 Å². The molecule has 1 atom stereocenters. The SMILES string of the molecule is CNCC(C)C(=O)NCc1ccc2c(c1)OCO2.Cl. The van der Waals surface area contributed by atoms with Gasteiger partial charge in [-0.1, -0.05) is 13.0 Å². The maximum Gasteiger partial charge on any atom is 0.231 e. The van der Waals surface area contributed by atoms with E-state index in [2.05, 4.69) is 10.6 Å². The summed E-state index contributed by atoms with van der Waals surface area (Å²) in [5.41, 5.74) is 1.00. The third-order valence-corrected chi connectivity index (χ3v) is 2.86. The quantitative estimate of drug-likeness (QED) is 0.857. The van der Waals surface area contributed by atoms with Crippen LogP contribution in [0.4, 0.5) is 0 Å². The fourth-order valence-electron chi connectivity index (χ4n) is 1.81. The largest absolute Gasteiger partial charge is 0.454 e. The topological polar surface area (TPSA) is 59.6 Å². The maximum absolute atomic E-state index is 11.7. The monoisotopic (exact) mass is 286 g/mol. The van der Waals surface area contributed by atoms with E-state index in [9.17, 15) is 4.79 Å². The standard InChI is InChI=1S/C13H18N2O3.ClH/c1-9(6-14-2)13(16)15-7-10-3-4-11-12(5-10)18-8-17-11;/h3-5,9,14H,6-8H2,1-2H3,(H,15,16);1H. The minimum atomic E-state index is -0.0380. The average molecular weight is 287 g/mol. The number of benzene rings is 1. The highest BCUT2D eigenvalue weighted by molar-refractivity contribution is 5.85. The fourth-order valence-corrected chi connectivity index (χ4v) is 1.81. The molecule has 1 aliphatic heterocycles. The van der Waals surface area contributed by atoms with Crippen LogP contribution in [0.5, 0.6) is 11.5 Å². The molecule has 1 amide bonds. The lowest BCUT2D eigenvalue weighted by Crippen LogP contribution is -2.33. The van der Waals surface area contributed by atoms with Crippen LogP contribution in [0.2, 0.25) is 0 Å². The van der Waals surface area contributed by atoms with Crippen molar-refractivity contribution in [3.63, 3.8) is 0 Å². The van der Waals surface area contributed by atoms with E-state index in [0.29, 0.717) is 13.1 Å². The highest BCUT2D eigenvalue weighted by Gasteiger charge is 2.14. The van der Waals surface area contributed by atoms with E-state index in [4.69, 9.17) is 9.47 Å². The zero-order valence-electron chi connectivity index (χ0n) is 11.1. The summed E-state index contributed by atoms with van der Waals surface area (Å²) in [5, 5.41) is 5.88. The van der Waals surface area contributed by atoms with Crippen molar-refractivity contribution in [2.75, 3.05) is 20.4 Å². The van der Waals surface area contributed by atoms with Gasteiger partial charge in [0.2, 0.25) is 12.7 Å². The molecule has 1 unspecified atom stereocenters. The van der Waals surface area contributed by atoms with Crippen LogP contribution in [0.25, 0.3) is 0 Å². The van der Waals surface area contributed by atoms with Crippen molar-refractivity contribution in [1.82, 2.24) is 10.6 Å². The molecule has 106 valence electrons. The summed E-state index contributed by atoms with van der Waals surface area (Å²) < 4.78 is 10.5. The molecule has 0 radical (unpaired) electrons. The number of carbonyl (C=O) groups excluding carboxylic acids is 1. The Morgan fingerprint density at radius 3 is 2.84 bits per heavy atom. The van der Waals surface area contributed by atoms with Crippen molar-refractivity contribution in [2.24, 2.45) is 5.92 Å². The number of hydrogen-bond donors (Lipinski definition) is 2. The van der Waals surface area contributed by atoms with Crippen molar-refractivity contribution in [1.29, 1.82) is 0 Å². The van der Waals surface area contributed by atoms with E-state index < -0.39 is 0 Å². The van der Waals surface area contributed by atoms with Crippen LogP contribution in [-0.2, 0) is 11.3 Å². The molecule has 2 rings (SSSR count). The molecule has 0 aromatic heterocycles. The van der Waals surface area contributed by atoms with Gasteiger partial charge in [0.15, 0.2) is 11.5 Å². The van der Waals surface area contributed by atoms with Gasteiger partial charge in [0, 0.05) is 19.0 Å². The molecule has 1 aromatic rings. The van der Waals surface area contributed by atoms with Gasteiger partial charge in [0.05, 0.1) is 0 Å². The molecule has 0 aliphatic carbocycles. The van der Waals surface area contributed by atoms with Crippen molar-refractivity contribution in [3.05, 3.63) is 23.8 Å². The number of hydrogen-bond acceptors (Lipinski definition) is 4. The number of nitrogens with one attached hydrogen (secondary N) is 2. The van der Waals surface area contributed by atoms with Gasteiger partial charge < -0.3 is 20.1 Å². The first kappa shape index (κ1) is 15.6. The molecule has 19 heavy (non-hydrogen) atoms. The lowest BCUT2D eigenvalue weighted by Gasteiger charge is -2.11. The lowest BCUT2D eigenvalue weighted by atomic mass is 10.1. The predicted octanol–water partition coefficient (Wildman–Crippen LogP) is 1.31. The van der Waals surface area contributed by atoms with E-state index in [1.54, 1.807) is 0 Å². The zero-order chi connectivity index (χ0) is 13.0. The molecular formula is C13H19ClN2O3. The van der Waals surface area contributed by atoms with Crippen LogP contribution in [0.15, 0.2) is 18.2 Å². The van der Waals surface area contributed by atoms with Crippen molar-refractivity contribution >= 4 is 18.3 Å². The molecule has 0 bridgehead atoms. The Labute approximate surface area is 119 Å². The predicted molar refractivity (Wildman–Crippen MR) is 74.8 cm³/mol. The number of halogens is 1. The highest BCUT2D eigenvalue weighted by atomic mass is 35.5. The van der Waals surface area contributed by atoms with Crippen LogP contribution < -0.4 is 20.1 Å². The van der Waals surface area contributed by atoms with Crippen molar-refractivity contribution in [2.45, 2.75) is 13.5 Å². The number of fused-ring (bicyclic) bond motifs is 1. The lowest BCUT2D eigenvalue weighted by molar-refractivity contribution is -0.124. The van der Waals surface area contributed by atoms with Crippen molar-refractivity contribution < 1.29 is 14.3 Å². The van der Waals surface area contributed by atoms with Gasteiger partial charge in [-0.2, -0.15) is 0 Å². The molecular weight excluding hydrogens is 268 g/mol. The molecule has 5 nitrogen and oxygen atoms in total. The first-order valence-electron chi connectivity index (χ1n) is 6.01. The van der Waals surface area contributed by atoms with Gasteiger partial charge in [-0.15, -0.1) is 12.4 Å². The second-order valence-electron chi connectivity index (χ2n) is 4.36. The molecule has 0 saturated carbocycles. The van der Waals surface area contributed by atoms with Crippen LogP contribution in [0.1, 0.15) is 12.5 Å². The van der Waals surface area contributed by atoms with E-state index in [1.807, 2.05) is 32.2 Å². The molecule has 0 fully saturated rings. The Morgan fingerprint density at radius 1 is 1.37 bits per heavy atom. The molecule has 6 heteroatoms. The minimum absolute atomic E-state index is 0. The van der Waals surface area contributed by atoms with Gasteiger partial charge in [-0.3, -0.25) is 4.79 Å². The molecule has 0 spiro atoms. The van der Waals surface area contributed by atoms with Crippen LogP contribution in [0, 0.1) is 5.92 Å². The zero-order valence-corrected chi connectivity index (χ0v) is 11.9. The number of rotatable bonds is 5. The number of carbonyl (C=O) groups is 1. The Hall–Kier alpha value is -1.46. The third kappa shape index (κ3) is 4.01. The first-order valence-corrected chi connectivity index (χ1v) is 6.01. The second-order valence-corrected chi connectivity index (χ2v) is 4.36. The second kappa shape index (κ2) is 7.21. The number of amides is 1. The fraction of sp³-hybridized carbons (Fsp3) is 0.462. The molecule has 1 aliphatic rings. The Morgan fingerprint density at radius 2 is 2.11 bits per heavy atom. The average Bonchev–Trinajstić information content (AvgIpc) is 2.83. The van der Waals surface area contributed by atoms with Crippen LogP contribution in [-0.4, -0.2) is 26.3 Å². The van der Waals surface area contributed by atoms with Crippen LogP contribution >= 0.6 is 12.4 Å². The normalized spacial score (nSPS) is 13.6. The maximum atomic E-state index is 11.7. The summed E-state index contributed by atoms with van der Waals surface area (Å²) in [6.07, 6.45) is 0. The first-order chi connectivity index (χ1) is 8.70. The summed E-state index contributed by atoms with van der Waals surface area (Å²) in [6, 6.07) is 5.68. The smallest absolute Gasteiger partial charge is 0.231 e. The summed E-state index contributed by atoms with van der Waals surface area (Å²) in [6.45, 7) is 3.34. The molecule has 0 saturated heterocycles. The van der Waals surface area contributed by atoms with E-state index in [0.717, 1.165) is 17.1 Å². The van der Waals surface area contributed by atoms with Gasteiger partial charge in [-0.05, 0) is 24.7 Å². The van der Waals surface area contributed by atoms with Crippen LogP contribution in [0.3, 0.4) is 0 Å².